The second-order valence-electron chi connectivity index (χ2n) is 31.3. The van der Waals surface area contributed by atoms with E-state index in [2.05, 4.69) is 208 Å². The number of nitrogens with zero attached hydrogens (tertiary/aromatic N) is 16. The minimum Gasteiger partial charge on any atom is -0.512 e. The SMILES string of the molecule is CC(C)(C)C(=O)C=C(O)C(C)(C)C.Cc1c[c-]c(N2C=CN(C)[CH-]2)cc1.Cc1ccc2c(c1)CC[CH-]C2c1nnc(C2CCCc3cc(C)ccc32)nn1.FC(F)(F)c1c[c-]c(-c2nnc(-c3ccccn3)nn2)cc1.[Ir+3].[Ir].[Ir].[c-]1ccc2c(c1-c1nnc(-c3cccc4c3CCC4)nn1)CCC2.[c-]1ccccc1-c1nccc2ccccc12. The molecule has 614 valence electrons. The fourth-order valence-corrected chi connectivity index (χ4v) is 14.1. The number of hydrogen-bond acceptors (Lipinski definition) is 18. The van der Waals surface area contributed by atoms with Crippen LogP contribution in [0, 0.1) is 69.0 Å². The third-order valence-electron chi connectivity index (χ3n) is 20.5. The molecule has 8 aromatic carbocycles. The molecule has 5 aliphatic rings. The number of rotatable bonds is 9. The fraction of sp³-hybridized carbons (Fsp3) is 0.274. The van der Waals surface area contributed by atoms with Gasteiger partial charge in [-0.1, -0.05) is 181 Å². The van der Waals surface area contributed by atoms with Crippen molar-refractivity contribution in [2.24, 2.45) is 10.8 Å². The van der Waals surface area contributed by atoms with Crippen molar-refractivity contribution in [1.82, 2.24) is 76.1 Å². The summed E-state index contributed by atoms with van der Waals surface area (Å²) in [6, 6.07) is 68.6. The number of hydrogen-bond donors (Lipinski definition) is 1. The van der Waals surface area contributed by atoms with Gasteiger partial charge in [-0.15, -0.1) is 148 Å². The zero-order valence-corrected chi connectivity index (χ0v) is 75.0. The smallest absolute Gasteiger partial charge is 0.512 e. The monoisotopic (exact) mass is 2120 g/mol. The minimum atomic E-state index is -4.41. The van der Waals surface area contributed by atoms with Gasteiger partial charge in [-0.2, -0.15) is 70.4 Å². The number of aliphatic hydroxyl groups excluding tert-OH is 1. The van der Waals surface area contributed by atoms with Gasteiger partial charge < -0.3 is 26.3 Å². The Morgan fingerprint density at radius 1 is 0.529 bits per heavy atom. The molecule has 0 spiro atoms. The Hall–Kier alpha value is -10.6. The third-order valence-corrected chi connectivity index (χ3v) is 20.5. The number of pyridine rings is 2. The molecule has 1 N–H and O–H groups in total. The van der Waals surface area contributed by atoms with Gasteiger partial charge in [-0.05, 0) is 146 Å². The molecule has 0 saturated heterocycles. The summed E-state index contributed by atoms with van der Waals surface area (Å²) in [4.78, 5) is 24.0. The van der Waals surface area contributed by atoms with Crippen LogP contribution in [0.3, 0.4) is 0 Å². The molecule has 18 nitrogen and oxygen atoms in total. The van der Waals surface area contributed by atoms with Gasteiger partial charge >= 0.3 is 26.3 Å². The van der Waals surface area contributed by atoms with Crippen LogP contribution >= 0.6 is 0 Å². The summed E-state index contributed by atoms with van der Waals surface area (Å²) in [5, 5.41) is 63.0. The Morgan fingerprint density at radius 2 is 1.18 bits per heavy atom. The van der Waals surface area contributed by atoms with Gasteiger partial charge in [0.15, 0.2) is 17.4 Å². The molecule has 18 rings (SSSR count). The Morgan fingerprint density at radius 3 is 1.82 bits per heavy atom. The van der Waals surface area contributed by atoms with Crippen LogP contribution in [-0.2, 0) is 110 Å². The summed E-state index contributed by atoms with van der Waals surface area (Å²) >= 11 is 0. The number of halogens is 3. The number of carbonyl (C=O) groups excluding carboxylic acids is 1. The number of benzene rings is 8. The van der Waals surface area contributed by atoms with E-state index in [1.165, 1.54) is 97.0 Å². The number of aryl methyl sites for hydroxylation is 7. The molecule has 2 unspecified atom stereocenters. The molecule has 2 radical (unpaired) electrons. The summed E-state index contributed by atoms with van der Waals surface area (Å²) < 4.78 is 37.4. The first-order valence-corrected chi connectivity index (χ1v) is 39.1. The molecule has 4 aliphatic carbocycles. The number of ketones is 1. The molecule has 0 amide bonds. The Balaban J connectivity index is 0.000000153. The Bertz CT molecular complexity index is 5420. The molecule has 0 bridgehead atoms. The molecule has 0 saturated carbocycles. The average Bonchev–Trinajstić information content (AvgIpc) is 1.65. The molecule has 0 fully saturated rings. The quantitative estimate of drug-likeness (QED) is 0.0805. The molecular formula is C95H91F3Ir3N16O2-3. The van der Waals surface area contributed by atoms with Crippen LogP contribution in [0.1, 0.15) is 164 Å². The first-order valence-electron chi connectivity index (χ1n) is 39.1. The van der Waals surface area contributed by atoms with Gasteiger partial charge in [0.25, 0.3) is 0 Å². The van der Waals surface area contributed by atoms with Gasteiger partial charge in [-0.25, -0.2) is 0 Å². The van der Waals surface area contributed by atoms with Crippen molar-refractivity contribution in [3.05, 3.63) is 328 Å². The van der Waals surface area contributed by atoms with E-state index < -0.39 is 17.2 Å². The Labute approximate surface area is 735 Å². The van der Waals surface area contributed by atoms with Crippen LogP contribution in [0.5, 0.6) is 0 Å². The van der Waals surface area contributed by atoms with Crippen LogP contribution in [0.2, 0.25) is 0 Å². The van der Waals surface area contributed by atoms with Crippen molar-refractivity contribution < 1.29 is 83.4 Å². The van der Waals surface area contributed by atoms with Crippen molar-refractivity contribution >= 4 is 22.2 Å². The van der Waals surface area contributed by atoms with Crippen molar-refractivity contribution in [2.45, 2.75) is 151 Å². The van der Waals surface area contributed by atoms with E-state index in [-0.39, 0.29) is 106 Å². The maximum atomic E-state index is 12.5. The van der Waals surface area contributed by atoms with Gasteiger partial charge in [0.2, 0.25) is 11.6 Å². The number of alkyl halides is 3. The van der Waals surface area contributed by atoms with E-state index in [9.17, 15) is 23.1 Å². The van der Waals surface area contributed by atoms with Gasteiger partial charge in [0.05, 0.1) is 0 Å². The number of fused-ring (bicyclic) bond motifs is 5. The number of anilines is 1. The number of aromatic nitrogens is 14. The summed E-state index contributed by atoms with van der Waals surface area (Å²) in [6.45, 7) is 19.5. The van der Waals surface area contributed by atoms with E-state index in [0.717, 1.165) is 104 Å². The van der Waals surface area contributed by atoms with Crippen molar-refractivity contribution in [3.8, 4) is 56.9 Å². The molecule has 5 aromatic heterocycles. The van der Waals surface area contributed by atoms with Crippen LogP contribution in [0.25, 0.3) is 67.7 Å². The van der Waals surface area contributed by atoms with Crippen molar-refractivity contribution in [2.75, 3.05) is 11.9 Å². The van der Waals surface area contributed by atoms with E-state index in [1.54, 1.807) is 24.4 Å². The number of allylic oxidation sites excluding steroid dienone is 2. The second kappa shape index (κ2) is 41.4. The van der Waals surface area contributed by atoms with Gasteiger partial charge in [-0.3, -0.25) is 9.78 Å². The zero-order chi connectivity index (χ0) is 81.5. The van der Waals surface area contributed by atoms with E-state index in [4.69, 9.17) is 0 Å². The third kappa shape index (κ3) is 23.5. The average molecular weight is 2120 g/mol. The summed E-state index contributed by atoms with van der Waals surface area (Å²) in [6.07, 6.45) is 19.0. The normalized spacial score (nSPS) is 14.8. The topological polar surface area (TPSA) is 224 Å². The van der Waals surface area contributed by atoms with Crippen molar-refractivity contribution in [1.29, 1.82) is 0 Å². The predicted octanol–water partition coefficient (Wildman–Crippen LogP) is 19.7. The van der Waals surface area contributed by atoms with E-state index in [0.29, 0.717) is 23.2 Å². The molecule has 1 aliphatic heterocycles. The van der Waals surface area contributed by atoms with Gasteiger partial charge in [0.1, 0.15) is 23.1 Å². The summed E-state index contributed by atoms with van der Waals surface area (Å²) in [5.41, 5.74) is 19.2. The maximum absolute atomic E-state index is 12.5. The van der Waals surface area contributed by atoms with Gasteiger partial charge in [0, 0.05) is 81.0 Å². The molecular weight excluding hydrogens is 2030 g/mol. The molecule has 13 aromatic rings. The number of carbonyl (C=O) groups is 1. The predicted molar refractivity (Wildman–Crippen MR) is 445 cm³/mol. The standard InChI is InChI=1S/C24H25N4.C20H17N4.C15H10N.C14H7F3N5.C11H12N2.C11H20O2.3Ir/c1-15-9-11-19-17(13-15)5-3-7-21(19)23-25-27-24(28-26-23)22-8-4-6-18-14-16(2)10-12-20(18)22;1-5-13-7-3-11-17(15(13)9-1)19-21-23-20(24-22-19)18-12-4-8-14-6-2-10-16(14)18;1-2-7-13(8-3-1)15-14-9-5-4-6-12(14)10-11-16-15;15-14(16,17)10-6-4-9(5-7-10)12-19-21-13(22-20-12)11-3-1-2-8-18-11;1-10-3-5-11(6-4-10)13-8-7-12(2)9-13;1-10(2,3)8(12)7-9(13)11(4,5)6;;;/h7,9-14,21-22H,3-6,8H2,1-2H3;3-4,7-8,11H,1-2,5-6,9-10H2;1-7,9-11H;1-4,6-8H;3-5,7-9H,1-2H3;7,12H,1-6H3;;;/q4*-1;-2;;;;+3. The zero-order valence-electron chi connectivity index (χ0n) is 67.9. The largest absolute Gasteiger partial charge is 3.00 e. The minimum absolute atomic E-state index is 0. The molecule has 6 heterocycles. The number of aliphatic hydroxyl groups is 1. The van der Waals surface area contributed by atoms with Crippen LogP contribution in [0.15, 0.2) is 213 Å². The Kier molecular flexibility index (Phi) is 31.6. The fourth-order valence-electron chi connectivity index (χ4n) is 14.1. The first-order chi connectivity index (χ1) is 55.9. The van der Waals surface area contributed by atoms with Crippen LogP contribution < -0.4 is 4.90 Å². The maximum Gasteiger partial charge on any atom is 3.00 e. The van der Waals surface area contributed by atoms with Crippen molar-refractivity contribution in [3.63, 3.8) is 0 Å². The summed E-state index contributed by atoms with van der Waals surface area (Å²) in [5.74, 6) is 3.43. The molecule has 119 heavy (non-hydrogen) atoms. The van der Waals surface area contributed by atoms with E-state index >= 15 is 0 Å². The summed E-state index contributed by atoms with van der Waals surface area (Å²) in [7, 11) is 2.00. The van der Waals surface area contributed by atoms with Crippen LogP contribution in [0.4, 0.5) is 18.9 Å². The first kappa shape index (κ1) is 90.7. The molecule has 24 heteroatoms. The van der Waals surface area contributed by atoms with E-state index in [1.807, 2.05) is 138 Å². The second-order valence-corrected chi connectivity index (χ2v) is 31.3. The van der Waals surface area contributed by atoms with Crippen LogP contribution in [-0.4, -0.2) is 94.0 Å². The molecule has 2 atom stereocenters.